The lowest BCUT2D eigenvalue weighted by Gasteiger charge is -2.57. The Morgan fingerprint density at radius 1 is 0.897 bits per heavy atom. The number of hydrogen-bond donors (Lipinski definition) is 1. The van der Waals surface area contributed by atoms with Crippen molar-refractivity contribution in [3.8, 4) is 0 Å². The predicted molar refractivity (Wildman–Crippen MR) is 157 cm³/mol. The molecule has 0 atom stereocenters. The highest BCUT2D eigenvalue weighted by atomic mass is 35.5. The fraction of sp³-hybridized carbons (Fsp3) is 0.406. The largest absolute Gasteiger partial charge is 0.325 e. The van der Waals surface area contributed by atoms with Gasteiger partial charge in [-0.25, -0.2) is 8.42 Å². The van der Waals surface area contributed by atoms with Gasteiger partial charge in [-0.15, -0.1) is 0 Å². The Hall–Kier alpha value is -2.83. The average Bonchev–Trinajstić information content (AvgIpc) is 2.88. The zero-order valence-electron chi connectivity index (χ0n) is 22.5. The summed E-state index contributed by atoms with van der Waals surface area (Å²) in [5, 5.41) is 3.33. The molecule has 1 amide bonds. The second-order valence-electron chi connectivity index (χ2n) is 12.1. The third-order valence-corrected chi connectivity index (χ3v) is 11.2. The summed E-state index contributed by atoms with van der Waals surface area (Å²) in [4.78, 5) is 13.4. The summed E-state index contributed by atoms with van der Waals surface area (Å²) < 4.78 is 28.6. The molecule has 4 aliphatic rings. The number of halogens is 1. The number of nitrogens with one attached hydrogen (secondary N) is 1. The predicted octanol–water partition coefficient (Wildman–Crippen LogP) is 7.26. The monoisotopic (exact) mass is 562 g/mol. The fourth-order valence-corrected chi connectivity index (χ4v) is 9.33. The Balaban J connectivity index is 1.23. The Morgan fingerprint density at radius 2 is 1.49 bits per heavy atom. The van der Waals surface area contributed by atoms with Gasteiger partial charge in [-0.1, -0.05) is 47.5 Å². The number of anilines is 2. The van der Waals surface area contributed by atoms with E-state index in [1.807, 2.05) is 26.0 Å². The van der Waals surface area contributed by atoms with Gasteiger partial charge in [0, 0.05) is 10.7 Å². The standard InChI is InChI=1S/C32H35ClN2O3S/c1-21-3-11-29(12-4-21)39(37,38)35(30-16-27(33)8-5-22(30)2)20-31(36)34-28-9-6-26(7-10-28)32-17-23-13-24(18-32)15-25(14-23)19-32/h3-12,16,23-25H,13-15,17-20H2,1-2H3,(H,34,36). The first-order valence-electron chi connectivity index (χ1n) is 13.9. The highest BCUT2D eigenvalue weighted by Gasteiger charge is 2.51. The smallest absolute Gasteiger partial charge is 0.264 e. The van der Waals surface area contributed by atoms with E-state index in [0.717, 1.165) is 27.6 Å². The zero-order chi connectivity index (χ0) is 27.4. The summed E-state index contributed by atoms with van der Waals surface area (Å²) in [5.74, 6) is 2.19. The van der Waals surface area contributed by atoms with Crippen molar-refractivity contribution in [2.75, 3.05) is 16.2 Å². The first-order valence-corrected chi connectivity index (χ1v) is 15.7. The molecule has 4 bridgehead atoms. The molecule has 3 aromatic rings. The summed E-state index contributed by atoms with van der Waals surface area (Å²) in [5.41, 5.74) is 4.40. The van der Waals surface area contributed by atoms with Gasteiger partial charge in [0.1, 0.15) is 6.54 Å². The van der Waals surface area contributed by atoms with Gasteiger partial charge in [0.15, 0.2) is 0 Å². The molecule has 4 fully saturated rings. The highest BCUT2D eigenvalue weighted by molar-refractivity contribution is 7.92. The molecule has 1 N–H and O–H groups in total. The molecule has 4 aliphatic carbocycles. The van der Waals surface area contributed by atoms with Gasteiger partial charge < -0.3 is 5.32 Å². The average molecular weight is 563 g/mol. The van der Waals surface area contributed by atoms with Gasteiger partial charge in [-0.2, -0.15) is 0 Å². The molecule has 0 heterocycles. The Morgan fingerprint density at radius 3 is 2.08 bits per heavy atom. The van der Waals surface area contributed by atoms with Crippen LogP contribution in [0.3, 0.4) is 0 Å². The molecule has 3 aromatic carbocycles. The van der Waals surface area contributed by atoms with E-state index in [9.17, 15) is 13.2 Å². The maximum atomic E-state index is 13.7. The topological polar surface area (TPSA) is 66.5 Å². The van der Waals surface area contributed by atoms with Crippen molar-refractivity contribution in [1.82, 2.24) is 0 Å². The van der Waals surface area contributed by atoms with Crippen molar-refractivity contribution in [3.05, 3.63) is 88.4 Å². The summed E-state index contributed by atoms with van der Waals surface area (Å²) in [6, 6.07) is 20.0. The lowest BCUT2D eigenvalue weighted by atomic mass is 9.48. The van der Waals surface area contributed by atoms with E-state index in [1.54, 1.807) is 42.5 Å². The quantitative estimate of drug-likeness (QED) is 0.329. The second kappa shape index (κ2) is 9.97. The Labute approximate surface area is 236 Å². The normalized spacial score (nSPS) is 25.5. The van der Waals surface area contributed by atoms with Crippen LogP contribution in [0.5, 0.6) is 0 Å². The third kappa shape index (κ3) is 5.09. The van der Waals surface area contributed by atoms with Gasteiger partial charge in [0.2, 0.25) is 5.91 Å². The van der Waals surface area contributed by atoms with Crippen LogP contribution in [-0.4, -0.2) is 20.9 Å². The van der Waals surface area contributed by atoms with E-state index in [4.69, 9.17) is 11.6 Å². The maximum Gasteiger partial charge on any atom is 0.264 e. The van der Waals surface area contributed by atoms with Gasteiger partial charge >= 0.3 is 0 Å². The number of amides is 1. The van der Waals surface area contributed by atoms with Crippen molar-refractivity contribution in [2.45, 2.75) is 62.7 Å². The van der Waals surface area contributed by atoms with Crippen LogP contribution in [0.4, 0.5) is 11.4 Å². The van der Waals surface area contributed by atoms with Gasteiger partial charge in [0.25, 0.3) is 10.0 Å². The molecular formula is C32H35ClN2O3S. The molecule has 0 radical (unpaired) electrons. The van der Waals surface area contributed by atoms with E-state index >= 15 is 0 Å². The molecule has 0 saturated heterocycles. The van der Waals surface area contributed by atoms with Gasteiger partial charge in [-0.3, -0.25) is 9.10 Å². The summed E-state index contributed by atoms with van der Waals surface area (Å²) in [6.07, 6.45) is 8.07. The van der Waals surface area contributed by atoms with Crippen LogP contribution in [0.15, 0.2) is 71.6 Å². The molecule has 0 unspecified atom stereocenters. The van der Waals surface area contributed by atoms with Crippen LogP contribution in [0.25, 0.3) is 0 Å². The van der Waals surface area contributed by atoms with Crippen molar-refractivity contribution in [1.29, 1.82) is 0 Å². The van der Waals surface area contributed by atoms with Crippen molar-refractivity contribution >= 4 is 38.9 Å². The number of benzene rings is 3. The fourth-order valence-electron chi connectivity index (χ4n) is 7.69. The van der Waals surface area contributed by atoms with Crippen LogP contribution in [0, 0.1) is 31.6 Å². The van der Waals surface area contributed by atoms with Crippen LogP contribution >= 0.6 is 11.6 Å². The molecule has 39 heavy (non-hydrogen) atoms. The van der Waals surface area contributed by atoms with Crippen molar-refractivity contribution < 1.29 is 13.2 Å². The first kappa shape index (κ1) is 26.4. The molecule has 4 saturated carbocycles. The van der Waals surface area contributed by atoms with Crippen LogP contribution in [0.2, 0.25) is 5.02 Å². The van der Waals surface area contributed by atoms with Gasteiger partial charge in [0.05, 0.1) is 10.6 Å². The lowest BCUT2D eigenvalue weighted by molar-refractivity contribution is -0.114. The molecule has 5 nitrogen and oxygen atoms in total. The number of carbonyl (C=O) groups is 1. The van der Waals surface area contributed by atoms with Crippen LogP contribution in [0.1, 0.15) is 55.2 Å². The SMILES string of the molecule is Cc1ccc(S(=O)(=O)N(CC(=O)Nc2ccc(C34CC5CC(CC(C5)C3)C4)cc2)c2cc(Cl)ccc2C)cc1. The molecule has 0 spiro atoms. The zero-order valence-corrected chi connectivity index (χ0v) is 24.1. The minimum atomic E-state index is -4.02. The maximum absolute atomic E-state index is 13.7. The number of sulfonamides is 1. The molecule has 0 aromatic heterocycles. The number of rotatable bonds is 7. The summed E-state index contributed by atoms with van der Waals surface area (Å²) in [6.45, 7) is 3.34. The number of aryl methyl sites for hydroxylation is 2. The minimum absolute atomic E-state index is 0.125. The molecule has 7 rings (SSSR count). The van der Waals surface area contributed by atoms with Crippen molar-refractivity contribution in [3.63, 3.8) is 0 Å². The molecule has 204 valence electrons. The third-order valence-electron chi connectivity index (χ3n) is 9.16. The second-order valence-corrected chi connectivity index (χ2v) is 14.4. The van der Waals surface area contributed by atoms with Crippen LogP contribution in [-0.2, 0) is 20.2 Å². The van der Waals surface area contributed by atoms with E-state index in [1.165, 1.54) is 44.1 Å². The first-order chi connectivity index (χ1) is 18.6. The highest BCUT2D eigenvalue weighted by Crippen LogP contribution is 2.60. The summed E-state index contributed by atoms with van der Waals surface area (Å²) >= 11 is 6.25. The van der Waals surface area contributed by atoms with E-state index in [2.05, 4.69) is 17.4 Å². The number of carbonyl (C=O) groups excluding carboxylic acids is 1. The molecule has 7 heteroatoms. The lowest BCUT2D eigenvalue weighted by Crippen LogP contribution is -2.48. The number of hydrogen-bond acceptors (Lipinski definition) is 3. The minimum Gasteiger partial charge on any atom is -0.325 e. The Kier molecular flexibility index (Phi) is 6.75. The number of nitrogens with zero attached hydrogens (tertiary/aromatic N) is 1. The summed E-state index contributed by atoms with van der Waals surface area (Å²) in [7, 11) is -4.02. The van der Waals surface area contributed by atoms with E-state index in [-0.39, 0.29) is 11.4 Å². The van der Waals surface area contributed by atoms with Crippen molar-refractivity contribution in [2.24, 2.45) is 17.8 Å². The van der Waals surface area contributed by atoms with E-state index in [0.29, 0.717) is 27.4 Å². The van der Waals surface area contributed by atoms with Gasteiger partial charge in [-0.05, 0) is 123 Å². The van der Waals surface area contributed by atoms with E-state index < -0.39 is 15.9 Å². The molecule has 0 aliphatic heterocycles. The van der Waals surface area contributed by atoms with Crippen LogP contribution < -0.4 is 9.62 Å². The molecular weight excluding hydrogens is 528 g/mol. The Bertz CT molecular complexity index is 1460.